The lowest BCUT2D eigenvalue weighted by Crippen LogP contribution is -2.57. The number of urea groups is 1. The molecule has 2 aliphatic rings. The van der Waals surface area contributed by atoms with Crippen molar-refractivity contribution in [3.8, 4) is 0 Å². The van der Waals surface area contributed by atoms with Gasteiger partial charge in [0, 0.05) is 13.0 Å². The van der Waals surface area contributed by atoms with Gasteiger partial charge in [-0.05, 0) is 0 Å². The first-order valence-electron chi connectivity index (χ1n) is 6.32. The van der Waals surface area contributed by atoms with Crippen LogP contribution in [0.1, 0.15) is 13.3 Å². The zero-order valence-corrected chi connectivity index (χ0v) is 12.1. The van der Waals surface area contributed by atoms with Gasteiger partial charge in [-0.3, -0.25) is 19.5 Å². The summed E-state index contributed by atoms with van der Waals surface area (Å²) < 4.78 is 20.3. The molecule has 21 heavy (non-hydrogen) atoms. The largest absolute Gasteiger partial charge is 0.469 e. The lowest BCUT2D eigenvalue weighted by Gasteiger charge is -2.34. The monoisotopic (exact) mass is 336 g/mol. The second kappa shape index (κ2) is 5.99. The standard InChI is InChI=1S/C10H17N2O8P/c1-5-3-12(10(15)11-9(5)14)8-2-6(13)7(20-8)4-19-21(16,17)18/h5-8,13H,2-4H2,1H3,(H,11,14,15)(H2,16,17,18)/t5?,6-,7?,8?/m0/s1/i1+1,2+1,3+1,4+1,5+1,6+1,7+1,8+1,9+1,10+1,11+1,12+1. The maximum Gasteiger partial charge on any atom is 0.469 e. The summed E-state index contributed by atoms with van der Waals surface area (Å²) in [6.07, 6.45) is -2.68. The maximum absolute atomic E-state index is 11.7. The normalized spacial score (nSPS) is 34.2. The van der Waals surface area contributed by atoms with Gasteiger partial charge >= 0.3 is 13.9 Å². The Morgan fingerprint density at radius 1 is 1.48 bits per heavy atom. The summed E-state index contributed by atoms with van der Waals surface area (Å²) in [4.78, 5) is 41.6. The highest BCUT2D eigenvalue weighted by molar-refractivity contribution is 7.46. The molecule has 2 rings (SSSR count). The fraction of sp³-hybridized carbons (Fsp3) is 0.800. The molecule has 0 aromatic heterocycles. The van der Waals surface area contributed by atoms with Gasteiger partial charge in [-0.25, -0.2) is 9.36 Å². The number of carbonyl (C=O) groups excluding carboxylic acids is 2. The first kappa shape index (κ1) is 16.3. The summed E-state index contributed by atoms with van der Waals surface area (Å²) in [5.74, 6) is -0.787. The lowest BCUT2D eigenvalue weighted by molar-refractivity contribution is -0.128. The van der Waals surface area contributed by atoms with Crippen LogP contribution < -0.4 is 5.32 Å². The van der Waals surface area contributed by atoms with Crippen molar-refractivity contribution in [1.82, 2.24) is 10.2 Å². The van der Waals surface area contributed by atoms with Gasteiger partial charge < -0.3 is 19.6 Å². The van der Waals surface area contributed by atoms with Crippen LogP contribution in [-0.4, -0.2) is 63.3 Å². The quantitative estimate of drug-likeness (QED) is 0.283. The van der Waals surface area contributed by atoms with Crippen LogP contribution in [0, 0.1) is 5.92 Å². The van der Waals surface area contributed by atoms with Crippen molar-refractivity contribution >= 4 is 19.8 Å². The Hall–Kier alpha value is -1.03. The highest BCUT2D eigenvalue weighted by Gasteiger charge is 2.42. The van der Waals surface area contributed by atoms with Gasteiger partial charge in [0.15, 0.2) is 0 Å². The number of rotatable bonds is 4. The van der Waals surface area contributed by atoms with Crippen LogP contribution in [0.3, 0.4) is 0 Å². The molecule has 0 radical (unpaired) electrons. The third kappa shape index (κ3) is 4.00. The summed E-state index contributed by atoms with van der Waals surface area (Å²) in [6.45, 7) is 1.30. The number of phosphoric ester groups is 1. The van der Waals surface area contributed by atoms with Crippen molar-refractivity contribution in [2.24, 2.45) is 5.92 Å². The molecule has 3 amide bonds. The molecule has 11 heteroatoms. The van der Waals surface area contributed by atoms with Gasteiger partial charge in [0.05, 0.1) is 18.6 Å². The number of nitrogens with zero attached hydrogens (tertiary/aromatic N) is 1. The lowest BCUT2D eigenvalue weighted by atomic mass is 11.1. The molecule has 0 aromatic rings. The molecule has 0 aromatic carbocycles. The smallest absolute Gasteiger partial charge is 0.390 e. The highest BCUT2D eigenvalue weighted by Crippen LogP contribution is 2.37. The van der Waals surface area contributed by atoms with Crippen molar-refractivity contribution in [3.05, 3.63) is 0 Å². The second-order valence-corrected chi connectivity index (χ2v) is 6.31. The van der Waals surface area contributed by atoms with Crippen LogP contribution in [-0.2, 0) is 18.6 Å². The summed E-state index contributed by atoms with van der Waals surface area (Å²) >= 11 is 0. The minimum absolute atomic E-state index is 0.0729. The van der Waals surface area contributed by atoms with Crippen molar-refractivity contribution in [2.45, 2.75) is 31.8 Å². The number of hydrogen-bond acceptors (Lipinski definition) is 6. The van der Waals surface area contributed by atoms with E-state index in [9.17, 15) is 19.3 Å². The van der Waals surface area contributed by atoms with Gasteiger partial charge in [0.1, 0.15) is 12.3 Å². The zero-order chi connectivity index (χ0) is 15.8. The molecule has 0 bridgehead atoms. The second-order valence-electron chi connectivity index (χ2n) is 5.07. The number of aliphatic hydroxyl groups is 1. The van der Waals surface area contributed by atoms with Crippen LogP contribution in [0.2, 0.25) is 0 Å². The van der Waals surface area contributed by atoms with Gasteiger partial charge in [-0.2, -0.15) is 0 Å². The number of ether oxygens (including phenoxy) is 1. The van der Waals surface area contributed by atoms with E-state index in [2.05, 4.69) is 9.84 Å². The number of phosphoric acid groups is 1. The Morgan fingerprint density at radius 3 is 2.76 bits per heavy atom. The Kier molecular flexibility index (Phi) is 4.66. The van der Waals surface area contributed by atoms with Gasteiger partial charge in [-0.1, -0.05) is 6.92 Å². The van der Waals surface area contributed by atoms with E-state index in [0.29, 0.717) is 0 Å². The Balaban J connectivity index is 1.95. The predicted octanol–water partition coefficient (Wildman–Crippen LogP) is -1.24. The fourth-order valence-corrected chi connectivity index (χ4v) is 2.58. The van der Waals surface area contributed by atoms with Crippen LogP contribution in [0.15, 0.2) is 0 Å². The summed E-state index contributed by atoms with van der Waals surface area (Å²) in [7, 11) is -4.66. The molecule has 4 atom stereocenters. The molecule has 2 saturated heterocycles. The Labute approximate surface area is 120 Å². The zero-order valence-electron chi connectivity index (χ0n) is 11.2. The molecule has 4 N–H and O–H groups in total. The molecule has 2 fully saturated rings. The van der Waals surface area contributed by atoms with Crippen molar-refractivity contribution in [2.75, 3.05) is 13.2 Å². The van der Waals surface area contributed by atoms with E-state index in [-0.39, 0.29) is 18.9 Å². The summed E-state index contributed by atoms with van der Waals surface area (Å²) in [5, 5.41) is 12.0. The average molecular weight is 336 g/mol. The third-order valence-corrected chi connectivity index (χ3v) is 3.85. The molecule has 2 aliphatic heterocycles. The maximum atomic E-state index is 11.7. The van der Waals surface area contributed by atoms with E-state index in [1.165, 1.54) is 4.90 Å². The molecule has 3 unspecified atom stereocenters. The predicted molar refractivity (Wildman–Crippen MR) is 66.7 cm³/mol. The van der Waals surface area contributed by atoms with E-state index in [0.717, 1.165) is 0 Å². The first-order chi connectivity index (χ1) is 9.67. The molecular formula is C10H17N2O8P. The third-order valence-electron chi connectivity index (χ3n) is 3.37. The van der Waals surface area contributed by atoms with E-state index in [1.807, 2.05) is 0 Å². The fourth-order valence-electron chi connectivity index (χ4n) is 2.24. The minimum atomic E-state index is -4.66. The molecule has 0 spiro atoms. The van der Waals surface area contributed by atoms with E-state index < -0.39 is 44.8 Å². The molecule has 2 heterocycles. The van der Waals surface area contributed by atoms with E-state index >= 15 is 0 Å². The number of hydrogen-bond donors (Lipinski definition) is 4. The van der Waals surface area contributed by atoms with Crippen LogP contribution >= 0.6 is 7.82 Å². The van der Waals surface area contributed by atoms with E-state index in [4.69, 9.17) is 14.5 Å². The Morgan fingerprint density at radius 2 is 2.14 bits per heavy atom. The Bertz CT molecular complexity index is 480. The molecular weight excluding hydrogens is 319 g/mol. The molecule has 0 saturated carbocycles. The molecule has 120 valence electrons. The number of nitrogens with one attached hydrogen (secondary N) is 1. The average Bonchev–Trinajstić information content (AvgIpc) is 2.72. The van der Waals surface area contributed by atoms with Crippen LogP contribution in [0.25, 0.3) is 0 Å². The summed E-state index contributed by atoms with van der Waals surface area (Å²) in [5.41, 5.74) is 0. The van der Waals surface area contributed by atoms with Gasteiger partial charge in [-0.15, -0.1) is 0 Å². The first-order valence-corrected chi connectivity index (χ1v) is 7.85. The molecule has 0 aliphatic carbocycles. The van der Waals surface area contributed by atoms with Crippen molar-refractivity contribution < 1.29 is 38.3 Å². The van der Waals surface area contributed by atoms with Crippen LogP contribution in [0.5, 0.6) is 0 Å². The SMILES string of the molecule is [13CH3][13CH]1[13CH2][15N]([13CH]2[13CH2][13C@H](O)[13CH]([13CH2]OP(=O)(O)O)O2)[13C](=O)[15NH][13C]1=O. The number of imide groups is 1. The summed E-state index contributed by atoms with van der Waals surface area (Å²) in [6, 6.07) is -0.619. The van der Waals surface area contributed by atoms with Crippen molar-refractivity contribution in [3.63, 3.8) is 0 Å². The van der Waals surface area contributed by atoms with Gasteiger partial charge in [0.2, 0.25) is 5.91 Å². The van der Waals surface area contributed by atoms with Gasteiger partial charge in [0.25, 0.3) is 0 Å². The van der Waals surface area contributed by atoms with Crippen molar-refractivity contribution in [1.29, 1.82) is 0 Å². The minimum Gasteiger partial charge on any atom is -0.390 e. The van der Waals surface area contributed by atoms with E-state index in [1.54, 1.807) is 6.92 Å². The number of carbonyl (C=O) groups is 2. The topological polar surface area (TPSA) is 146 Å². The molecule has 10 nitrogen and oxygen atoms in total. The highest BCUT2D eigenvalue weighted by atomic mass is 31.2. The van der Waals surface area contributed by atoms with Crippen LogP contribution in [0.4, 0.5) is 4.79 Å². The number of amides is 3. The number of aliphatic hydroxyl groups excluding tert-OH is 1.